The zero-order valence-corrected chi connectivity index (χ0v) is 18.4. The Morgan fingerprint density at radius 3 is 2.48 bits per heavy atom. The number of ether oxygens (including phenoxy) is 1. The maximum Gasteiger partial charge on any atom is 0.224 e. The van der Waals surface area contributed by atoms with Gasteiger partial charge in [0.05, 0.1) is 6.61 Å². The van der Waals surface area contributed by atoms with Gasteiger partial charge in [-0.2, -0.15) is 0 Å². The smallest absolute Gasteiger partial charge is 0.224 e. The molecular weight excluding hydrogens is 384 g/mol. The van der Waals surface area contributed by atoms with E-state index in [1.165, 1.54) is 0 Å². The number of hydrogen-bond donors (Lipinski definition) is 0. The molecule has 0 radical (unpaired) electrons. The van der Waals surface area contributed by atoms with E-state index in [4.69, 9.17) is 16.3 Å². The maximum atomic E-state index is 13.1. The van der Waals surface area contributed by atoms with Crippen molar-refractivity contribution in [2.75, 3.05) is 37.7 Å². The molecule has 0 aliphatic carbocycles. The van der Waals surface area contributed by atoms with Gasteiger partial charge >= 0.3 is 0 Å². The summed E-state index contributed by atoms with van der Waals surface area (Å²) in [6, 6.07) is 14.0. The molecule has 1 saturated heterocycles. The van der Waals surface area contributed by atoms with Crippen molar-refractivity contribution >= 4 is 17.3 Å². The zero-order valence-electron chi connectivity index (χ0n) is 17.7. The summed E-state index contributed by atoms with van der Waals surface area (Å²) < 4.78 is 5.80. The lowest BCUT2D eigenvalue weighted by atomic mass is 10.1. The van der Waals surface area contributed by atoms with E-state index in [-0.39, 0.29) is 5.43 Å². The summed E-state index contributed by atoms with van der Waals surface area (Å²) >= 11 is 6.13. The van der Waals surface area contributed by atoms with Gasteiger partial charge in [-0.1, -0.05) is 50.6 Å². The first-order valence-electron chi connectivity index (χ1n) is 10.5. The van der Waals surface area contributed by atoms with E-state index < -0.39 is 0 Å². The van der Waals surface area contributed by atoms with Crippen LogP contribution in [0.1, 0.15) is 44.2 Å². The van der Waals surface area contributed by atoms with Gasteiger partial charge < -0.3 is 9.64 Å². The van der Waals surface area contributed by atoms with E-state index in [1.54, 1.807) is 0 Å². The average Bonchev–Trinajstić information content (AvgIpc) is 2.86. The Hall–Kier alpha value is -2.04. The Morgan fingerprint density at radius 2 is 1.83 bits per heavy atom. The van der Waals surface area contributed by atoms with Crippen molar-refractivity contribution in [3.05, 3.63) is 68.8 Å². The molecule has 2 aromatic rings. The third-order valence-electron chi connectivity index (χ3n) is 5.36. The summed E-state index contributed by atoms with van der Waals surface area (Å²) in [5.41, 5.74) is 3.11. The normalized spacial score (nSPS) is 15.0. The summed E-state index contributed by atoms with van der Waals surface area (Å²) in [5, 5.41) is 0.762. The second-order valence-corrected chi connectivity index (χ2v) is 8.38. The van der Waals surface area contributed by atoms with Crippen LogP contribution in [0.4, 0.5) is 5.69 Å². The summed E-state index contributed by atoms with van der Waals surface area (Å²) in [6.07, 6.45) is 0.885. The second-order valence-electron chi connectivity index (χ2n) is 7.94. The fourth-order valence-corrected chi connectivity index (χ4v) is 3.76. The van der Waals surface area contributed by atoms with Crippen molar-refractivity contribution in [3.63, 3.8) is 0 Å². The summed E-state index contributed by atoms with van der Waals surface area (Å²) in [6.45, 7) is 11.2. The first-order valence-corrected chi connectivity index (χ1v) is 10.9. The van der Waals surface area contributed by atoms with Crippen molar-refractivity contribution in [1.82, 2.24) is 4.90 Å². The van der Waals surface area contributed by atoms with Crippen LogP contribution in [-0.4, -0.2) is 37.7 Å². The van der Waals surface area contributed by atoms with Crippen LogP contribution in [0.3, 0.4) is 0 Å². The molecular formula is C24H31ClN2O2. The molecule has 2 aromatic carbocycles. The quantitative estimate of drug-likeness (QED) is 0.642. The van der Waals surface area contributed by atoms with Crippen LogP contribution in [-0.2, 0) is 6.54 Å². The number of hydrogen-bond acceptors (Lipinski definition) is 4. The van der Waals surface area contributed by atoms with Crippen LogP contribution >= 0.6 is 11.6 Å². The topological polar surface area (TPSA) is 32.8 Å². The van der Waals surface area contributed by atoms with Gasteiger partial charge in [0.15, 0.2) is 5.75 Å². The molecule has 0 saturated carbocycles. The summed E-state index contributed by atoms with van der Waals surface area (Å²) in [4.78, 5) is 17.8. The molecule has 156 valence electrons. The number of anilines is 1. The molecule has 29 heavy (non-hydrogen) atoms. The summed E-state index contributed by atoms with van der Waals surface area (Å²) in [7, 11) is 0. The molecule has 0 bridgehead atoms. The van der Waals surface area contributed by atoms with Gasteiger partial charge in [0.1, 0.15) is 0 Å². The van der Waals surface area contributed by atoms with Gasteiger partial charge in [0.25, 0.3) is 0 Å². The van der Waals surface area contributed by atoms with E-state index in [0.29, 0.717) is 24.8 Å². The molecule has 0 aromatic heterocycles. The molecule has 0 atom stereocenters. The van der Waals surface area contributed by atoms with Gasteiger partial charge in [-0.15, -0.1) is 0 Å². The van der Waals surface area contributed by atoms with Gasteiger partial charge in [-0.05, 0) is 42.2 Å². The zero-order chi connectivity index (χ0) is 20.8. The SMILES string of the molecule is CCCOc1cc(C(C)C)ccc(CN2CCN(c3cccc(Cl)c3)CC2)c1=O. The highest BCUT2D eigenvalue weighted by molar-refractivity contribution is 6.30. The van der Waals surface area contributed by atoms with E-state index in [1.807, 2.05) is 30.3 Å². The Bertz CT molecular complexity index is 877. The second kappa shape index (κ2) is 10.1. The standard InChI is InChI=1S/C24H31ClN2O2/c1-4-14-29-23-15-19(18(2)3)8-9-20(24(23)28)17-26-10-12-27(13-11-26)22-7-5-6-21(25)16-22/h5-9,15-16,18H,4,10-14,17H2,1-3H3. The van der Waals surface area contributed by atoms with Crippen molar-refractivity contribution in [2.24, 2.45) is 0 Å². The highest BCUT2D eigenvalue weighted by atomic mass is 35.5. The van der Waals surface area contributed by atoms with Crippen LogP contribution in [0, 0.1) is 0 Å². The van der Waals surface area contributed by atoms with E-state index in [9.17, 15) is 4.79 Å². The molecule has 1 fully saturated rings. The average molecular weight is 415 g/mol. The third kappa shape index (κ3) is 5.74. The van der Waals surface area contributed by atoms with Gasteiger partial charge in [-0.25, -0.2) is 0 Å². The molecule has 0 spiro atoms. The molecule has 0 amide bonds. The monoisotopic (exact) mass is 414 g/mol. The molecule has 5 heteroatoms. The Labute approximate surface area is 179 Å². The van der Waals surface area contributed by atoms with Crippen molar-refractivity contribution in [3.8, 4) is 5.75 Å². The minimum atomic E-state index is 0.0163. The fourth-order valence-electron chi connectivity index (χ4n) is 3.58. The van der Waals surface area contributed by atoms with Crippen molar-refractivity contribution in [2.45, 2.75) is 39.7 Å². The summed E-state index contributed by atoms with van der Waals surface area (Å²) in [5.74, 6) is 0.827. The lowest BCUT2D eigenvalue weighted by Crippen LogP contribution is -2.46. The first kappa shape index (κ1) is 21.7. The van der Waals surface area contributed by atoms with Crippen LogP contribution in [0.15, 0.2) is 47.3 Å². The van der Waals surface area contributed by atoms with Crippen LogP contribution < -0.4 is 15.1 Å². The van der Waals surface area contributed by atoms with E-state index in [0.717, 1.165) is 54.4 Å². The minimum Gasteiger partial charge on any atom is -0.489 e. The van der Waals surface area contributed by atoms with Crippen molar-refractivity contribution < 1.29 is 4.74 Å². The molecule has 3 rings (SSSR count). The van der Waals surface area contributed by atoms with Crippen LogP contribution in [0.5, 0.6) is 5.75 Å². The van der Waals surface area contributed by atoms with Gasteiger partial charge in [0, 0.05) is 49.0 Å². The van der Waals surface area contributed by atoms with E-state index >= 15 is 0 Å². The number of halogens is 1. The number of rotatable bonds is 7. The first-order chi connectivity index (χ1) is 14.0. The van der Waals surface area contributed by atoms with Gasteiger partial charge in [-0.3, -0.25) is 9.69 Å². The molecule has 1 aliphatic rings. The lowest BCUT2D eigenvalue weighted by Gasteiger charge is -2.36. The molecule has 0 unspecified atom stereocenters. The molecule has 1 heterocycles. The molecule has 0 N–H and O–H groups in total. The maximum absolute atomic E-state index is 13.1. The highest BCUT2D eigenvalue weighted by Crippen LogP contribution is 2.22. The Kier molecular flexibility index (Phi) is 7.57. The Morgan fingerprint density at radius 1 is 1.07 bits per heavy atom. The number of nitrogens with zero attached hydrogens (tertiary/aromatic N) is 2. The van der Waals surface area contributed by atoms with Crippen LogP contribution in [0.2, 0.25) is 5.02 Å². The lowest BCUT2D eigenvalue weighted by molar-refractivity contribution is 0.248. The Balaban J connectivity index is 1.73. The predicted molar refractivity (Wildman–Crippen MR) is 122 cm³/mol. The number of piperazine rings is 1. The largest absolute Gasteiger partial charge is 0.489 e. The predicted octanol–water partition coefficient (Wildman–Crippen LogP) is 4.93. The van der Waals surface area contributed by atoms with Crippen molar-refractivity contribution in [1.29, 1.82) is 0 Å². The van der Waals surface area contributed by atoms with E-state index in [2.05, 4.69) is 42.7 Å². The highest BCUT2D eigenvalue weighted by Gasteiger charge is 2.19. The molecule has 1 aliphatic heterocycles. The molecule has 4 nitrogen and oxygen atoms in total. The minimum absolute atomic E-state index is 0.0163. The van der Waals surface area contributed by atoms with Crippen LogP contribution in [0.25, 0.3) is 0 Å². The van der Waals surface area contributed by atoms with Gasteiger partial charge in [0.2, 0.25) is 5.43 Å². The third-order valence-corrected chi connectivity index (χ3v) is 5.59. The number of benzene rings is 1. The fraction of sp³-hybridized carbons (Fsp3) is 0.458.